The second kappa shape index (κ2) is 6.02. The molecule has 0 unspecified atom stereocenters. The fourth-order valence-electron chi connectivity index (χ4n) is 1.88. The first-order chi connectivity index (χ1) is 10.9. The number of carbonyl (C=O) groups excluding carboxylic acids is 1. The van der Waals surface area contributed by atoms with Crippen LogP contribution in [0.5, 0.6) is 0 Å². The maximum absolute atomic E-state index is 14.1. The van der Waals surface area contributed by atoms with Crippen LogP contribution in [0.3, 0.4) is 0 Å². The fourth-order valence-corrected chi connectivity index (χ4v) is 3.06. The van der Waals surface area contributed by atoms with Crippen LogP contribution in [0.25, 0.3) is 0 Å². The lowest BCUT2D eigenvalue weighted by Gasteiger charge is -2.07. The van der Waals surface area contributed by atoms with Gasteiger partial charge in [0, 0.05) is 5.56 Å². The molecule has 0 heterocycles. The van der Waals surface area contributed by atoms with Gasteiger partial charge in [-0.15, -0.1) is 0 Å². The second-order valence-corrected chi connectivity index (χ2v) is 7.32. The maximum atomic E-state index is 14.1. The molecule has 0 aliphatic rings. The molecule has 0 saturated carbocycles. The van der Waals surface area contributed by atoms with Gasteiger partial charge in [-0.3, -0.25) is 13.9 Å². The van der Waals surface area contributed by atoms with Gasteiger partial charge in [0.25, 0.3) is 20.2 Å². The zero-order valence-corrected chi connectivity index (χ0v) is 13.1. The molecule has 0 saturated heterocycles. The normalized spacial score (nSPS) is 12.2. The minimum atomic E-state index is -4.97. The molecule has 11 heteroatoms. The molecule has 0 aromatic heterocycles. The van der Waals surface area contributed by atoms with Gasteiger partial charge >= 0.3 is 0 Å². The van der Waals surface area contributed by atoms with E-state index in [0.717, 1.165) is 24.3 Å². The molecule has 0 radical (unpaired) electrons. The van der Waals surface area contributed by atoms with E-state index in [4.69, 9.17) is 9.11 Å². The topological polar surface area (TPSA) is 126 Å². The van der Waals surface area contributed by atoms with E-state index in [0.29, 0.717) is 12.1 Å². The molecular weight excluding hydrogens is 370 g/mol. The Labute approximate surface area is 135 Å². The lowest BCUT2D eigenvalue weighted by Crippen LogP contribution is -2.11. The van der Waals surface area contributed by atoms with E-state index in [1.165, 1.54) is 0 Å². The molecule has 0 aliphatic heterocycles. The summed E-state index contributed by atoms with van der Waals surface area (Å²) in [6.45, 7) is 0. The number of benzene rings is 2. The smallest absolute Gasteiger partial charge is 0.288 e. The molecule has 0 aliphatic carbocycles. The zero-order chi connectivity index (χ0) is 18.3. The standard InChI is InChI=1S/C13H8F2O7S2/c14-9-5-4-7(6-11(9)24(20,21)22)13(16)8-2-1-3-10(12(8)15)23(17,18)19/h1-6H,(H,17,18,19)(H,20,21,22). The minimum Gasteiger partial charge on any atom is -0.288 e. The molecule has 0 spiro atoms. The highest BCUT2D eigenvalue weighted by atomic mass is 32.2. The summed E-state index contributed by atoms with van der Waals surface area (Å²) in [5, 5.41) is 0. The summed E-state index contributed by atoms with van der Waals surface area (Å²) in [7, 11) is -9.90. The van der Waals surface area contributed by atoms with Gasteiger partial charge in [0.15, 0.2) is 11.6 Å². The van der Waals surface area contributed by atoms with Crippen LogP contribution in [0.1, 0.15) is 15.9 Å². The fraction of sp³-hybridized carbons (Fsp3) is 0. The van der Waals surface area contributed by atoms with Crippen molar-refractivity contribution in [2.75, 3.05) is 0 Å². The minimum absolute atomic E-state index is 0.479. The van der Waals surface area contributed by atoms with Gasteiger partial charge in [0.1, 0.15) is 15.6 Å². The van der Waals surface area contributed by atoms with Gasteiger partial charge in [-0.05, 0) is 30.3 Å². The van der Waals surface area contributed by atoms with Crippen LogP contribution in [-0.4, -0.2) is 31.7 Å². The zero-order valence-electron chi connectivity index (χ0n) is 11.5. The third-order valence-electron chi connectivity index (χ3n) is 2.96. The first-order valence-corrected chi connectivity index (χ1v) is 8.88. The quantitative estimate of drug-likeness (QED) is 0.612. The van der Waals surface area contributed by atoms with Gasteiger partial charge < -0.3 is 0 Å². The van der Waals surface area contributed by atoms with Crippen molar-refractivity contribution in [3.8, 4) is 0 Å². The first-order valence-electron chi connectivity index (χ1n) is 6.00. The summed E-state index contributed by atoms with van der Waals surface area (Å²) in [4.78, 5) is 9.88. The Balaban J connectivity index is 2.63. The van der Waals surface area contributed by atoms with E-state index in [1.807, 2.05) is 0 Å². The van der Waals surface area contributed by atoms with Crippen molar-refractivity contribution in [3.63, 3.8) is 0 Å². The van der Waals surface area contributed by atoms with E-state index < -0.39 is 58.6 Å². The van der Waals surface area contributed by atoms with Crippen LogP contribution in [0.4, 0.5) is 8.78 Å². The summed E-state index contributed by atoms with van der Waals surface area (Å²) in [5.41, 5.74) is -1.31. The monoisotopic (exact) mass is 378 g/mol. The predicted molar refractivity (Wildman–Crippen MR) is 75.9 cm³/mol. The van der Waals surface area contributed by atoms with Gasteiger partial charge in [0.2, 0.25) is 0 Å². The number of halogens is 2. The number of ketones is 1. The molecule has 0 bridgehead atoms. The highest BCUT2D eigenvalue weighted by molar-refractivity contribution is 7.86. The summed E-state index contributed by atoms with van der Waals surface area (Å²) < 4.78 is 89.4. The summed E-state index contributed by atoms with van der Waals surface area (Å²) in [5.74, 6) is -4.06. The van der Waals surface area contributed by atoms with Crippen molar-refractivity contribution in [2.24, 2.45) is 0 Å². The Hall–Kier alpha value is -2.21. The van der Waals surface area contributed by atoms with E-state index >= 15 is 0 Å². The average Bonchev–Trinajstić information content (AvgIpc) is 2.45. The predicted octanol–water partition coefficient (Wildman–Crippen LogP) is 1.69. The molecule has 2 rings (SSSR count). The summed E-state index contributed by atoms with van der Waals surface area (Å²) in [6, 6.07) is 4.46. The Morgan fingerprint density at radius 3 is 2.00 bits per heavy atom. The van der Waals surface area contributed by atoms with Gasteiger partial charge in [-0.2, -0.15) is 16.8 Å². The summed E-state index contributed by atoms with van der Waals surface area (Å²) in [6.07, 6.45) is 0. The van der Waals surface area contributed by atoms with Crippen LogP contribution in [0.15, 0.2) is 46.2 Å². The third-order valence-corrected chi connectivity index (χ3v) is 4.70. The van der Waals surface area contributed by atoms with E-state index in [2.05, 4.69) is 0 Å². The van der Waals surface area contributed by atoms with Crippen molar-refractivity contribution in [1.29, 1.82) is 0 Å². The number of hydrogen-bond donors (Lipinski definition) is 2. The van der Waals surface area contributed by atoms with E-state index in [-0.39, 0.29) is 0 Å². The van der Waals surface area contributed by atoms with Crippen molar-refractivity contribution >= 4 is 26.0 Å². The summed E-state index contributed by atoms with van der Waals surface area (Å²) >= 11 is 0. The molecular formula is C13H8F2O7S2. The Morgan fingerprint density at radius 1 is 0.875 bits per heavy atom. The van der Waals surface area contributed by atoms with Gasteiger partial charge in [-0.1, -0.05) is 6.07 Å². The van der Waals surface area contributed by atoms with Crippen LogP contribution in [-0.2, 0) is 20.2 Å². The lowest BCUT2D eigenvalue weighted by atomic mass is 10.0. The first kappa shape index (κ1) is 18.1. The Bertz CT molecular complexity index is 1040. The molecule has 0 amide bonds. The van der Waals surface area contributed by atoms with E-state index in [1.54, 1.807) is 0 Å². The highest BCUT2D eigenvalue weighted by Crippen LogP contribution is 2.23. The van der Waals surface area contributed by atoms with E-state index in [9.17, 15) is 30.4 Å². The number of rotatable bonds is 4. The van der Waals surface area contributed by atoms with Gasteiger partial charge in [0.05, 0.1) is 5.56 Å². The van der Waals surface area contributed by atoms with Crippen molar-refractivity contribution in [1.82, 2.24) is 0 Å². The molecule has 0 atom stereocenters. The van der Waals surface area contributed by atoms with Crippen molar-refractivity contribution < 1.29 is 39.5 Å². The van der Waals surface area contributed by atoms with Crippen LogP contribution < -0.4 is 0 Å². The van der Waals surface area contributed by atoms with Crippen LogP contribution in [0, 0.1) is 11.6 Å². The van der Waals surface area contributed by atoms with Gasteiger partial charge in [-0.25, -0.2) is 8.78 Å². The Kier molecular flexibility index (Phi) is 4.55. The largest absolute Gasteiger partial charge is 0.297 e. The van der Waals surface area contributed by atoms with Crippen LogP contribution in [0.2, 0.25) is 0 Å². The second-order valence-electron chi connectivity index (χ2n) is 4.54. The molecule has 128 valence electrons. The molecule has 24 heavy (non-hydrogen) atoms. The third kappa shape index (κ3) is 3.48. The molecule has 2 N–H and O–H groups in total. The Morgan fingerprint density at radius 2 is 1.46 bits per heavy atom. The molecule has 2 aromatic carbocycles. The van der Waals surface area contributed by atoms with Crippen molar-refractivity contribution in [3.05, 3.63) is 59.2 Å². The lowest BCUT2D eigenvalue weighted by molar-refractivity contribution is 0.103. The molecule has 0 fully saturated rings. The molecule has 2 aromatic rings. The number of carbonyl (C=O) groups is 1. The SMILES string of the molecule is O=C(c1ccc(F)c(S(=O)(=O)O)c1)c1cccc(S(=O)(=O)O)c1F. The van der Waals surface area contributed by atoms with Crippen molar-refractivity contribution in [2.45, 2.75) is 9.79 Å². The van der Waals surface area contributed by atoms with Crippen LogP contribution >= 0.6 is 0 Å². The highest BCUT2D eigenvalue weighted by Gasteiger charge is 2.24. The maximum Gasteiger partial charge on any atom is 0.297 e. The number of hydrogen-bond acceptors (Lipinski definition) is 5. The molecule has 7 nitrogen and oxygen atoms in total. The average molecular weight is 378 g/mol.